The Morgan fingerprint density at radius 3 is 2.75 bits per heavy atom. The van der Waals surface area contributed by atoms with Crippen LogP contribution in [-0.4, -0.2) is 46.1 Å². The van der Waals surface area contributed by atoms with Gasteiger partial charge in [-0.25, -0.2) is 0 Å². The van der Waals surface area contributed by atoms with Gasteiger partial charge >= 0.3 is 0 Å². The van der Waals surface area contributed by atoms with Gasteiger partial charge in [0.15, 0.2) is 5.78 Å². The number of ether oxygens (including phenoxy) is 1. The summed E-state index contributed by atoms with van der Waals surface area (Å²) in [5, 5.41) is 9.82. The van der Waals surface area contributed by atoms with Crippen molar-refractivity contribution in [1.29, 1.82) is 0 Å². The van der Waals surface area contributed by atoms with Crippen LogP contribution in [0.15, 0.2) is 18.2 Å². The van der Waals surface area contributed by atoms with Gasteiger partial charge in [0.05, 0.1) is 18.4 Å². The summed E-state index contributed by atoms with van der Waals surface area (Å²) in [6.07, 6.45) is 2.32. The summed E-state index contributed by atoms with van der Waals surface area (Å²) < 4.78 is 5.76. The highest BCUT2D eigenvalue weighted by Crippen LogP contribution is 2.25. The number of methoxy groups -OCH3 is 1. The summed E-state index contributed by atoms with van der Waals surface area (Å²) in [6, 6.07) is 4.68. The van der Waals surface area contributed by atoms with E-state index < -0.39 is 0 Å². The van der Waals surface area contributed by atoms with Crippen LogP contribution in [0.3, 0.4) is 0 Å². The van der Waals surface area contributed by atoms with Gasteiger partial charge in [0, 0.05) is 19.2 Å². The molecule has 0 aromatic heterocycles. The van der Waals surface area contributed by atoms with Gasteiger partial charge in [-0.1, -0.05) is 24.0 Å². The molecule has 0 spiro atoms. The second-order valence-electron chi connectivity index (χ2n) is 4.55. The molecule has 1 aliphatic rings. The van der Waals surface area contributed by atoms with Crippen molar-refractivity contribution in [1.82, 2.24) is 4.90 Å². The normalized spacial score (nSPS) is 14.3. The van der Waals surface area contributed by atoms with Crippen LogP contribution >= 0.6 is 24.0 Å². The summed E-state index contributed by atoms with van der Waals surface area (Å²) >= 11 is 6.67. The molecule has 1 aliphatic heterocycles. The fourth-order valence-electron chi connectivity index (χ4n) is 2.07. The number of carbonyl (C=O) groups excluding carboxylic acids is 1. The number of ketones is 1. The molecule has 6 heteroatoms. The molecule has 0 aliphatic carbocycles. The Labute approximate surface area is 128 Å². The first-order valence-corrected chi connectivity index (χ1v) is 7.83. The monoisotopic (exact) mass is 311 g/mol. The van der Waals surface area contributed by atoms with Crippen molar-refractivity contribution >= 4 is 34.1 Å². The van der Waals surface area contributed by atoms with Crippen LogP contribution < -0.4 is 4.74 Å². The maximum absolute atomic E-state index is 12.1. The van der Waals surface area contributed by atoms with Crippen LogP contribution in [0, 0.1) is 0 Å². The number of phenolic OH excluding ortho intramolecular Hbond substituents is 1. The molecule has 0 bridgehead atoms. The molecule has 2 rings (SSSR count). The number of aromatic hydroxyl groups is 1. The highest BCUT2D eigenvalue weighted by Gasteiger charge is 2.18. The summed E-state index contributed by atoms with van der Waals surface area (Å²) in [5.41, 5.74) is 0.308. The molecular formula is C14H17NO3S2. The third-order valence-corrected chi connectivity index (χ3v) is 4.72. The number of nitrogens with zero attached hydrogens (tertiary/aromatic N) is 1. The van der Waals surface area contributed by atoms with Crippen LogP contribution in [-0.2, 0) is 0 Å². The number of hydrogen-bond donors (Lipinski definition) is 1. The second-order valence-corrected chi connectivity index (χ2v) is 6.16. The molecule has 1 N–H and O–H groups in total. The predicted molar refractivity (Wildman–Crippen MR) is 84.9 cm³/mol. The average Bonchev–Trinajstić information content (AvgIpc) is 2.98. The number of Topliss-reactive ketones (excluding diaryl/α,β-unsaturated/α-hetero) is 1. The van der Waals surface area contributed by atoms with Crippen LogP contribution in [0.25, 0.3) is 0 Å². The van der Waals surface area contributed by atoms with Gasteiger partial charge in [0.25, 0.3) is 0 Å². The first kappa shape index (κ1) is 15.1. The Hall–Kier alpha value is -1.27. The number of phenols is 1. The van der Waals surface area contributed by atoms with E-state index in [2.05, 4.69) is 4.90 Å². The zero-order valence-corrected chi connectivity index (χ0v) is 12.9. The van der Waals surface area contributed by atoms with Crippen LogP contribution in [0.4, 0.5) is 0 Å². The van der Waals surface area contributed by atoms with Crippen molar-refractivity contribution in [2.45, 2.75) is 12.8 Å². The summed E-state index contributed by atoms with van der Waals surface area (Å²) in [5.74, 6) is 0.591. The zero-order chi connectivity index (χ0) is 14.5. The molecule has 1 saturated heterocycles. The molecule has 1 aromatic carbocycles. The maximum atomic E-state index is 12.1. The Morgan fingerprint density at radius 2 is 2.15 bits per heavy atom. The van der Waals surface area contributed by atoms with E-state index in [0.717, 1.165) is 30.3 Å². The summed E-state index contributed by atoms with van der Waals surface area (Å²) in [7, 11) is 1.51. The van der Waals surface area contributed by atoms with Gasteiger partial charge in [-0.15, -0.1) is 0 Å². The molecule has 1 fully saturated rings. The smallest absolute Gasteiger partial charge is 0.176 e. The van der Waals surface area contributed by atoms with E-state index in [1.54, 1.807) is 12.1 Å². The molecule has 0 amide bonds. The molecule has 0 unspecified atom stereocenters. The number of hydrogen-bond acceptors (Lipinski definition) is 5. The van der Waals surface area contributed by atoms with E-state index >= 15 is 0 Å². The first-order valence-electron chi connectivity index (χ1n) is 6.43. The lowest BCUT2D eigenvalue weighted by atomic mass is 10.1. The maximum Gasteiger partial charge on any atom is 0.176 e. The zero-order valence-electron chi connectivity index (χ0n) is 11.3. The van der Waals surface area contributed by atoms with Crippen LogP contribution in [0.1, 0.15) is 23.2 Å². The molecular weight excluding hydrogens is 294 g/mol. The summed E-state index contributed by atoms with van der Waals surface area (Å²) in [4.78, 5) is 14.2. The van der Waals surface area contributed by atoms with E-state index in [9.17, 15) is 9.90 Å². The van der Waals surface area contributed by atoms with E-state index in [1.165, 1.54) is 24.9 Å². The van der Waals surface area contributed by atoms with Gasteiger partial charge in [0.2, 0.25) is 0 Å². The Balaban J connectivity index is 1.93. The van der Waals surface area contributed by atoms with Crippen molar-refractivity contribution in [3.8, 4) is 11.5 Å². The standard InChI is InChI=1S/C14H17NO3S2/c1-18-10-4-5-11(12(16)8-10)13(17)9-20-14(19)15-6-2-3-7-15/h4-5,8,16H,2-3,6-7,9H2,1H3. The lowest BCUT2D eigenvalue weighted by Gasteiger charge is -2.17. The van der Waals surface area contributed by atoms with Crippen molar-refractivity contribution in [2.75, 3.05) is 26.0 Å². The minimum atomic E-state index is -0.128. The van der Waals surface area contributed by atoms with Gasteiger partial charge < -0.3 is 14.7 Å². The number of thiocarbonyl (C=S) groups is 1. The predicted octanol–water partition coefficient (Wildman–Crippen LogP) is 2.70. The van der Waals surface area contributed by atoms with Crippen molar-refractivity contribution in [2.24, 2.45) is 0 Å². The molecule has 1 aromatic rings. The Bertz CT molecular complexity index is 513. The quantitative estimate of drug-likeness (QED) is 0.681. The van der Waals surface area contributed by atoms with Gasteiger partial charge in [-0.2, -0.15) is 0 Å². The fraction of sp³-hybridized carbons (Fsp3) is 0.429. The van der Waals surface area contributed by atoms with Crippen LogP contribution in [0.2, 0.25) is 0 Å². The molecule has 0 radical (unpaired) electrons. The third kappa shape index (κ3) is 3.64. The summed E-state index contributed by atoms with van der Waals surface area (Å²) in [6.45, 7) is 1.96. The highest BCUT2D eigenvalue weighted by molar-refractivity contribution is 8.23. The van der Waals surface area contributed by atoms with Crippen molar-refractivity contribution in [3.05, 3.63) is 23.8 Å². The number of thioether (sulfide) groups is 1. The lowest BCUT2D eigenvalue weighted by Crippen LogP contribution is -2.24. The minimum Gasteiger partial charge on any atom is -0.507 e. The largest absolute Gasteiger partial charge is 0.507 e. The molecule has 0 saturated carbocycles. The lowest BCUT2D eigenvalue weighted by molar-refractivity contribution is 0.102. The van der Waals surface area contributed by atoms with Crippen molar-refractivity contribution < 1.29 is 14.6 Å². The molecule has 108 valence electrons. The molecule has 1 heterocycles. The fourth-order valence-corrected chi connectivity index (χ4v) is 3.20. The van der Waals surface area contributed by atoms with E-state index in [0.29, 0.717) is 11.3 Å². The topological polar surface area (TPSA) is 49.8 Å². The molecule has 0 atom stereocenters. The second kappa shape index (κ2) is 6.95. The Morgan fingerprint density at radius 1 is 1.45 bits per heavy atom. The molecule has 20 heavy (non-hydrogen) atoms. The van der Waals surface area contributed by atoms with Crippen molar-refractivity contribution in [3.63, 3.8) is 0 Å². The minimum absolute atomic E-state index is 0.0537. The van der Waals surface area contributed by atoms with E-state index in [-0.39, 0.29) is 17.3 Å². The van der Waals surface area contributed by atoms with Crippen LogP contribution in [0.5, 0.6) is 11.5 Å². The number of benzene rings is 1. The molecule has 4 nitrogen and oxygen atoms in total. The number of rotatable bonds is 4. The SMILES string of the molecule is COc1ccc(C(=O)CSC(=S)N2CCCC2)c(O)c1. The third-order valence-electron chi connectivity index (χ3n) is 3.20. The van der Waals surface area contributed by atoms with E-state index in [4.69, 9.17) is 17.0 Å². The van der Waals surface area contributed by atoms with Gasteiger partial charge in [-0.05, 0) is 25.0 Å². The Kier molecular flexibility index (Phi) is 5.25. The highest BCUT2D eigenvalue weighted by atomic mass is 32.2. The average molecular weight is 311 g/mol. The van der Waals surface area contributed by atoms with Gasteiger partial charge in [0.1, 0.15) is 15.8 Å². The first-order chi connectivity index (χ1) is 9.61. The van der Waals surface area contributed by atoms with E-state index in [1.807, 2.05) is 0 Å². The van der Waals surface area contributed by atoms with Gasteiger partial charge in [-0.3, -0.25) is 4.79 Å². The number of likely N-dealkylation sites (tertiary alicyclic amines) is 1. The number of carbonyl (C=O) groups is 1.